The Bertz CT molecular complexity index is 660. The average Bonchev–Trinajstić information content (AvgIpc) is 2.63. The summed E-state index contributed by atoms with van der Waals surface area (Å²) in [5, 5.41) is 3.93. The Balaban J connectivity index is 1.52. The number of amides is 1. The van der Waals surface area contributed by atoms with Gasteiger partial charge < -0.3 is 5.32 Å². The van der Waals surface area contributed by atoms with Gasteiger partial charge in [-0.15, -0.1) is 0 Å². The maximum Gasteiger partial charge on any atom is 0.227 e. The van der Waals surface area contributed by atoms with E-state index in [1.54, 1.807) is 0 Å². The summed E-state index contributed by atoms with van der Waals surface area (Å²) < 4.78 is 0. The van der Waals surface area contributed by atoms with Gasteiger partial charge in [-0.1, -0.05) is 54.1 Å². The van der Waals surface area contributed by atoms with E-state index in [2.05, 4.69) is 35.6 Å². The molecule has 1 fully saturated rings. The van der Waals surface area contributed by atoms with Crippen LogP contribution >= 0.6 is 11.6 Å². The third-order valence-corrected chi connectivity index (χ3v) is 5.36. The van der Waals surface area contributed by atoms with Crippen molar-refractivity contribution in [1.29, 1.82) is 0 Å². The monoisotopic (exact) mass is 341 g/mol. The Kier molecular flexibility index (Phi) is 5.57. The van der Waals surface area contributed by atoms with Crippen LogP contribution in [0.1, 0.15) is 55.6 Å². The number of nitrogens with one attached hydrogen (secondary N) is 1. The number of benzene rings is 2. The number of carbonyl (C=O) groups is 1. The summed E-state index contributed by atoms with van der Waals surface area (Å²) in [6, 6.07) is 18.5. The maximum absolute atomic E-state index is 12.5. The predicted molar refractivity (Wildman–Crippen MR) is 99.4 cm³/mol. The molecule has 0 spiro atoms. The van der Waals surface area contributed by atoms with Crippen molar-refractivity contribution in [3.05, 3.63) is 70.7 Å². The van der Waals surface area contributed by atoms with Gasteiger partial charge in [0.2, 0.25) is 5.91 Å². The lowest BCUT2D eigenvalue weighted by Crippen LogP contribution is -2.39. The van der Waals surface area contributed by atoms with Crippen LogP contribution in [0.4, 0.5) is 0 Å². The van der Waals surface area contributed by atoms with Gasteiger partial charge in [0.05, 0.1) is 5.92 Å². The fraction of sp³-hybridized carbons (Fsp3) is 0.381. The SMILES string of the molecule is CC(C(=O)N[C@H]1CC[C@H](c2ccccc2)CC1)c1ccc(Cl)cc1. The molecule has 1 atom stereocenters. The minimum absolute atomic E-state index is 0.112. The van der Waals surface area contributed by atoms with Gasteiger partial charge >= 0.3 is 0 Å². The Labute approximate surface area is 149 Å². The molecule has 1 unspecified atom stereocenters. The molecular formula is C21H24ClNO. The molecule has 2 aromatic rings. The summed E-state index contributed by atoms with van der Waals surface area (Å²) in [5.41, 5.74) is 2.44. The first-order chi connectivity index (χ1) is 11.6. The Morgan fingerprint density at radius 2 is 1.62 bits per heavy atom. The van der Waals surface area contributed by atoms with Crippen LogP contribution in [0.5, 0.6) is 0 Å². The highest BCUT2D eigenvalue weighted by molar-refractivity contribution is 6.30. The fourth-order valence-electron chi connectivity index (χ4n) is 3.53. The quantitative estimate of drug-likeness (QED) is 0.804. The molecule has 0 heterocycles. The minimum atomic E-state index is -0.144. The molecule has 1 amide bonds. The standard InChI is InChI=1S/C21H24ClNO/c1-15(16-7-11-19(22)12-8-16)21(24)23-20-13-9-18(10-14-20)17-5-3-2-4-6-17/h2-8,11-12,15,18,20H,9-10,13-14H2,1H3,(H,23,24)/t15?,18-,20-. The number of rotatable bonds is 4. The van der Waals surface area contributed by atoms with Crippen LogP contribution in [0.25, 0.3) is 0 Å². The van der Waals surface area contributed by atoms with Crippen molar-refractivity contribution in [2.75, 3.05) is 0 Å². The lowest BCUT2D eigenvalue weighted by molar-refractivity contribution is -0.123. The number of halogens is 1. The van der Waals surface area contributed by atoms with E-state index >= 15 is 0 Å². The van der Waals surface area contributed by atoms with Crippen molar-refractivity contribution in [3.63, 3.8) is 0 Å². The summed E-state index contributed by atoms with van der Waals surface area (Å²) in [5.74, 6) is 0.600. The average molecular weight is 342 g/mol. The van der Waals surface area contributed by atoms with Gasteiger partial charge in [0.25, 0.3) is 0 Å². The Hall–Kier alpha value is -1.80. The predicted octanol–water partition coefficient (Wildman–Crippen LogP) is 5.29. The summed E-state index contributed by atoms with van der Waals surface area (Å²) >= 11 is 5.92. The zero-order chi connectivity index (χ0) is 16.9. The van der Waals surface area contributed by atoms with Crippen molar-refractivity contribution in [2.45, 2.75) is 50.5 Å². The molecule has 1 aliphatic rings. The zero-order valence-corrected chi connectivity index (χ0v) is 14.8. The lowest BCUT2D eigenvalue weighted by atomic mass is 9.81. The smallest absolute Gasteiger partial charge is 0.227 e. The zero-order valence-electron chi connectivity index (χ0n) is 14.0. The second-order valence-electron chi connectivity index (χ2n) is 6.74. The van der Waals surface area contributed by atoms with Crippen molar-refractivity contribution < 1.29 is 4.79 Å². The molecule has 1 saturated carbocycles. The van der Waals surface area contributed by atoms with Gasteiger partial charge in [-0.2, -0.15) is 0 Å². The molecule has 1 aliphatic carbocycles. The molecule has 0 bridgehead atoms. The molecule has 24 heavy (non-hydrogen) atoms. The van der Waals surface area contributed by atoms with E-state index in [0.29, 0.717) is 17.0 Å². The Morgan fingerprint density at radius 3 is 2.25 bits per heavy atom. The van der Waals surface area contributed by atoms with Crippen molar-refractivity contribution in [2.24, 2.45) is 0 Å². The third-order valence-electron chi connectivity index (χ3n) is 5.11. The van der Waals surface area contributed by atoms with Crippen LogP contribution in [0, 0.1) is 0 Å². The molecule has 0 aliphatic heterocycles. The lowest BCUT2D eigenvalue weighted by Gasteiger charge is -2.30. The van der Waals surface area contributed by atoms with E-state index < -0.39 is 0 Å². The molecule has 3 heteroatoms. The first-order valence-electron chi connectivity index (χ1n) is 8.74. The van der Waals surface area contributed by atoms with Crippen LogP contribution in [-0.4, -0.2) is 11.9 Å². The topological polar surface area (TPSA) is 29.1 Å². The van der Waals surface area contributed by atoms with Crippen LogP contribution < -0.4 is 5.32 Å². The normalized spacial score (nSPS) is 21.9. The van der Waals surface area contributed by atoms with Crippen LogP contribution in [0.3, 0.4) is 0 Å². The van der Waals surface area contributed by atoms with Crippen LogP contribution in [0.2, 0.25) is 5.02 Å². The summed E-state index contributed by atoms with van der Waals surface area (Å²) in [6.45, 7) is 1.95. The van der Waals surface area contributed by atoms with E-state index in [-0.39, 0.29) is 11.8 Å². The Morgan fingerprint density at radius 1 is 1.00 bits per heavy atom. The van der Waals surface area contributed by atoms with Gasteiger partial charge in [-0.3, -0.25) is 4.79 Å². The van der Waals surface area contributed by atoms with Crippen molar-refractivity contribution >= 4 is 17.5 Å². The summed E-state index contributed by atoms with van der Waals surface area (Å²) in [7, 11) is 0. The molecule has 3 rings (SSSR count). The largest absolute Gasteiger partial charge is 0.353 e. The maximum atomic E-state index is 12.5. The summed E-state index contributed by atoms with van der Waals surface area (Å²) in [6.07, 6.45) is 4.39. The van der Waals surface area contributed by atoms with E-state index in [1.165, 1.54) is 5.56 Å². The van der Waals surface area contributed by atoms with E-state index in [9.17, 15) is 4.79 Å². The van der Waals surface area contributed by atoms with Gasteiger partial charge in [0.15, 0.2) is 0 Å². The number of carbonyl (C=O) groups excluding carboxylic acids is 1. The van der Waals surface area contributed by atoms with Gasteiger partial charge in [-0.25, -0.2) is 0 Å². The molecule has 2 nitrogen and oxygen atoms in total. The van der Waals surface area contributed by atoms with E-state index in [4.69, 9.17) is 11.6 Å². The van der Waals surface area contributed by atoms with Crippen molar-refractivity contribution in [1.82, 2.24) is 5.32 Å². The van der Waals surface area contributed by atoms with Crippen LogP contribution in [0.15, 0.2) is 54.6 Å². The molecule has 0 aromatic heterocycles. The first kappa shape index (κ1) is 17.0. The first-order valence-corrected chi connectivity index (χ1v) is 9.12. The molecule has 126 valence electrons. The highest BCUT2D eigenvalue weighted by Crippen LogP contribution is 2.33. The second kappa shape index (κ2) is 7.85. The number of hydrogen-bond donors (Lipinski definition) is 1. The highest BCUT2D eigenvalue weighted by Gasteiger charge is 2.25. The number of hydrogen-bond acceptors (Lipinski definition) is 1. The van der Waals surface area contributed by atoms with Crippen molar-refractivity contribution in [3.8, 4) is 0 Å². The van der Waals surface area contributed by atoms with Gasteiger partial charge in [0, 0.05) is 11.1 Å². The molecule has 0 radical (unpaired) electrons. The highest BCUT2D eigenvalue weighted by atomic mass is 35.5. The third kappa shape index (κ3) is 4.18. The molecule has 0 saturated heterocycles. The van der Waals surface area contributed by atoms with E-state index in [1.807, 2.05) is 31.2 Å². The second-order valence-corrected chi connectivity index (χ2v) is 7.18. The molecule has 2 aromatic carbocycles. The van der Waals surface area contributed by atoms with E-state index in [0.717, 1.165) is 31.2 Å². The fourth-order valence-corrected chi connectivity index (χ4v) is 3.65. The van der Waals surface area contributed by atoms with Crippen LogP contribution in [-0.2, 0) is 4.79 Å². The molecule has 1 N–H and O–H groups in total. The minimum Gasteiger partial charge on any atom is -0.353 e. The van der Waals surface area contributed by atoms with Gasteiger partial charge in [-0.05, 0) is 61.8 Å². The molecular weight excluding hydrogens is 318 g/mol. The van der Waals surface area contributed by atoms with Gasteiger partial charge in [0.1, 0.15) is 0 Å². The summed E-state index contributed by atoms with van der Waals surface area (Å²) in [4.78, 5) is 12.5.